The van der Waals surface area contributed by atoms with E-state index < -0.39 is 0 Å². The van der Waals surface area contributed by atoms with Gasteiger partial charge in [-0.1, -0.05) is 22.0 Å². The second-order valence-electron chi connectivity index (χ2n) is 3.58. The molecule has 1 aromatic rings. The summed E-state index contributed by atoms with van der Waals surface area (Å²) in [5, 5.41) is 9.07. The Morgan fingerprint density at radius 2 is 2.21 bits per heavy atom. The van der Waals surface area contributed by atoms with Gasteiger partial charge in [-0.2, -0.15) is 0 Å². The Bertz CT molecular complexity index is 339. The van der Waals surface area contributed by atoms with Crippen molar-refractivity contribution in [2.45, 2.75) is 12.6 Å². The molecule has 14 heavy (non-hydrogen) atoms. The summed E-state index contributed by atoms with van der Waals surface area (Å²) >= 11 is 3.21. The van der Waals surface area contributed by atoms with Gasteiger partial charge in [-0.3, -0.25) is 4.90 Å². The first-order valence-electron chi connectivity index (χ1n) is 4.49. The molecule has 0 amide bonds. The van der Waals surface area contributed by atoms with Crippen molar-refractivity contribution in [3.63, 3.8) is 0 Å². The lowest BCUT2D eigenvalue weighted by Gasteiger charge is -2.35. The Hall–Kier alpha value is -0.450. The van der Waals surface area contributed by atoms with E-state index in [4.69, 9.17) is 5.11 Å². The Morgan fingerprint density at radius 1 is 1.50 bits per heavy atom. The Labute approximate surface area is 90.5 Å². The van der Waals surface area contributed by atoms with Gasteiger partial charge in [0.25, 0.3) is 0 Å². The van der Waals surface area contributed by atoms with Crippen LogP contribution in [0.15, 0.2) is 22.7 Å². The second-order valence-corrected chi connectivity index (χ2v) is 4.50. The summed E-state index contributed by atoms with van der Waals surface area (Å²) in [6.45, 7) is 1.88. The molecule has 1 heterocycles. The highest BCUT2D eigenvalue weighted by Gasteiger charge is 2.24. The van der Waals surface area contributed by atoms with E-state index >= 15 is 0 Å². The molecule has 0 bridgehead atoms. The summed E-state index contributed by atoms with van der Waals surface area (Å²) < 4.78 is 14.1. The highest BCUT2D eigenvalue weighted by molar-refractivity contribution is 9.10. The molecule has 0 atom stereocenters. The normalized spacial score (nSPS) is 18.2. The van der Waals surface area contributed by atoms with Gasteiger partial charge < -0.3 is 5.11 Å². The first kappa shape index (κ1) is 10.1. The van der Waals surface area contributed by atoms with Gasteiger partial charge in [-0.05, 0) is 12.1 Å². The Balaban J connectivity index is 2.02. The van der Waals surface area contributed by atoms with E-state index in [0.29, 0.717) is 25.2 Å². The summed E-state index contributed by atoms with van der Waals surface area (Å²) in [7, 11) is 0. The van der Waals surface area contributed by atoms with Gasteiger partial charge in [0.05, 0.1) is 6.10 Å². The molecule has 1 aromatic carbocycles. The quantitative estimate of drug-likeness (QED) is 0.875. The third-order valence-corrected chi connectivity index (χ3v) is 2.84. The van der Waals surface area contributed by atoms with Crippen LogP contribution in [0.3, 0.4) is 0 Å². The lowest BCUT2D eigenvalue weighted by atomic mass is 10.1. The van der Waals surface area contributed by atoms with E-state index in [1.807, 2.05) is 11.0 Å². The van der Waals surface area contributed by atoms with Crippen molar-refractivity contribution in [2.75, 3.05) is 13.1 Å². The SMILES string of the molecule is OC1CN(Cc2ccc(Br)cc2F)C1. The minimum atomic E-state index is -0.228. The topological polar surface area (TPSA) is 23.5 Å². The number of aliphatic hydroxyl groups excluding tert-OH is 1. The third kappa shape index (κ3) is 2.13. The standard InChI is InChI=1S/C10H11BrFNO/c11-8-2-1-7(10(12)3-8)4-13-5-9(14)6-13/h1-3,9,14H,4-6H2. The van der Waals surface area contributed by atoms with Gasteiger partial charge in [0.1, 0.15) is 5.82 Å². The van der Waals surface area contributed by atoms with Gasteiger partial charge in [0.2, 0.25) is 0 Å². The van der Waals surface area contributed by atoms with Gasteiger partial charge in [-0.15, -0.1) is 0 Å². The number of hydrogen-bond donors (Lipinski definition) is 1. The summed E-state index contributed by atoms with van der Waals surface area (Å²) in [6, 6.07) is 5.06. The average molecular weight is 260 g/mol. The maximum atomic E-state index is 13.3. The highest BCUT2D eigenvalue weighted by atomic mass is 79.9. The molecule has 0 unspecified atom stereocenters. The highest BCUT2D eigenvalue weighted by Crippen LogP contribution is 2.19. The van der Waals surface area contributed by atoms with Gasteiger partial charge in [0, 0.05) is 29.7 Å². The fourth-order valence-electron chi connectivity index (χ4n) is 1.56. The summed E-state index contributed by atoms with van der Waals surface area (Å²) in [6.07, 6.45) is -0.228. The molecule has 0 radical (unpaired) electrons. The predicted octanol–water partition coefficient (Wildman–Crippen LogP) is 1.76. The zero-order valence-electron chi connectivity index (χ0n) is 7.58. The van der Waals surface area contributed by atoms with Crippen molar-refractivity contribution in [1.29, 1.82) is 0 Å². The van der Waals surface area contributed by atoms with Crippen molar-refractivity contribution < 1.29 is 9.50 Å². The van der Waals surface area contributed by atoms with Crippen molar-refractivity contribution >= 4 is 15.9 Å². The van der Waals surface area contributed by atoms with E-state index in [9.17, 15) is 4.39 Å². The van der Waals surface area contributed by atoms with E-state index in [0.717, 1.165) is 4.47 Å². The molecule has 1 N–H and O–H groups in total. The van der Waals surface area contributed by atoms with Gasteiger partial charge in [0.15, 0.2) is 0 Å². The minimum absolute atomic E-state index is 0.194. The zero-order chi connectivity index (χ0) is 10.1. The van der Waals surface area contributed by atoms with Crippen LogP contribution in [0.2, 0.25) is 0 Å². The van der Waals surface area contributed by atoms with Crippen molar-refractivity contribution in [1.82, 2.24) is 4.90 Å². The van der Waals surface area contributed by atoms with Crippen LogP contribution in [0.1, 0.15) is 5.56 Å². The van der Waals surface area contributed by atoms with Gasteiger partial charge in [-0.25, -0.2) is 4.39 Å². The molecule has 0 spiro atoms. The minimum Gasteiger partial charge on any atom is -0.390 e. The van der Waals surface area contributed by atoms with Crippen LogP contribution >= 0.6 is 15.9 Å². The molecule has 2 rings (SSSR count). The number of aliphatic hydroxyl groups is 1. The Kier molecular flexibility index (Phi) is 2.85. The van der Waals surface area contributed by atoms with Crippen LogP contribution in [-0.4, -0.2) is 29.2 Å². The molecule has 2 nitrogen and oxygen atoms in total. The molecular formula is C10H11BrFNO. The average Bonchev–Trinajstić information content (AvgIpc) is 2.06. The number of likely N-dealkylation sites (tertiary alicyclic amines) is 1. The second kappa shape index (κ2) is 3.96. The largest absolute Gasteiger partial charge is 0.390 e. The van der Waals surface area contributed by atoms with Crippen molar-refractivity contribution in [3.8, 4) is 0 Å². The van der Waals surface area contributed by atoms with Crippen molar-refractivity contribution in [3.05, 3.63) is 34.1 Å². The molecule has 0 aromatic heterocycles. The molecule has 76 valence electrons. The van der Waals surface area contributed by atoms with E-state index in [2.05, 4.69) is 15.9 Å². The summed E-state index contributed by atoms with van der Waals surface area (Å²) in [5.74, 6) is -0.194. The van der Waals surface area contributed by atoms with Gasteiger partial charge >= 0.3 is 0 Å². The van der Waals surface area contributed by atoms with Crippen LogP contribution in [0.4, 0.5) is 4.39 Å². The summed E-state index contributed by atoms with van der Waals surface area (Å²) in [5.41, 5.74) is 0.681. The predicted molar refractivity (Wildman–Crippen MR) is 55.4 cm³/mol. The number of benzene rings is 1. The number of rotatable bonds is 2. The smallest absolute Gasteiger partial charge is 0.128 e. The zero-order valence-corrected chi connectivity index (χ0v) is 9.17. The fourth-order valence-corrected chi connectivity index (χ4v) is 1.90. The third-order valence-electron chi connectivity index (χ3n) is 2.35. The number of β-amino-alcohol motifs (C(OH)–C–C–N with tert-alkyl or cyclic N) is 1. The molecule has 1 aliphatic rings. The molecular weight excluding hydrogens is 249 g/mol. The molecule has 1 saturated heterocycles. The first-order valence-corrected chi connectivity index (χ1v) is 5.29. The lowest BCUT2D eigenvalue weighted by molar-refractivity contribution is -0.00342. The summed E-state index contributed by atoms with van der Waals surface area (Å²) in [4.78, 5) is 2.01. The number of nitrogens with zero attached hydrogens (tertiary/aromatic N) is 1. The molecule has 1 fully saturated rings. The van der Waals surface area contributed by atoms with Crippen LogP contribution in [-0.2, 0) is 6.54 Å². The van der Waals surface area contributed by atoms with E-state index in [1.54, 1.807) is 6.07 Å². The Morgan fingerprint density at radius 3 is 2.79 bits per heavy atom. The first-order chi connectivity index (χ1) is 6.65. The van der Waals surface area contributed by atoms with Crippen LogP contribution in [0.25, 0.3) is 0 Å². The number of halogens is 2. The molecule has 4 heteroatoms. The van der Waals surface area contributed by atoms with E-state index in [1.165, 1.54) is 6.07 Å². The molecule has 0 aliphatic carbocycles. The molecule has 1 aliphatic heterocycles. The maximum Gasteiger partial charge on any atom is 0.128 e. The van der Waals surface area contributed by atoms with Crippen LogP contribution in [0.5, 0.6) is 0 Å². The lowest BCUT2D eigenvalue weighted by Crippen LogP contribution is -2.49. The van der Waals surface area contributed by atoms with Crippen LogP contribution in [0, 0.1) is 5.82 Å². The van der Waals surface area contributed by atoms with Crippen LogP contribution < -0.4 is 0 Å². The van der Waals surface area contributed by atoms with Crippen molar-refractivity contribution in [2.24, 2.45) is 0 Å². The number of hydrogen-bond acceptors (Lipinski definition) is 2. The fraction of sp³-hybridized carbons (Fsp3) is 0.400. The molecule has 0 saturated carbocycles. The monoisotopic (exact) mass is 259 g/mol. The van der Waals surface area contributed by atoms with E-state index in [-0.39, 0.29) is 11.9 Å². The maximum absolute atomic E-state index is 13.3.